The smallest absolute Gasteiger partial charge is 0.303 e. The number of anilines is 1. The molecule has 2 N–H and O–H groups in total. The van der Waals surface area contributed by atoms with Gasteiger partial charge in [0.05, 0.1) is 6.20 Å². The van der Waals surface area contributed by atoms with Gasteiger partial charge >= 0.3 is 5.97 Å². The van der Waals surface area contributed by atoms with Gasteiger partial charge in [0.15, 0.2) is 5.82 Å². The summed E-state index contributed by atoms with van der Waals surface area (Å²) in [6, 6.07) is 1.92. The monoisotopic (exact) mass is 262 g/mol. The first-order valence-corrected chi connectivity index (χ1v) is 6.51. The van der Waals surface area contributed by atoms with E-state index in [1.807, 2.05) is 12.3 Å². The van der Waals surface area contributed by atoms with E-state index in [4.69, 9.17) is 5.11 Å². The Hall–Kier alpha value is -2.11. The van der Waals surface area contributed by atoms with Crippen LogP contribution in [-0.2, 0) is 4.79 Å². The predicted octanol–water partition coefficient (Wildman–Crippen LogP) is 2.18. The Morgan fingerprint density at radius 1 is 1.26 bits per heavy atom. The number of hydrogen-bond acceptors (Lipinski definition) is 4. The average molecular weight is 262 g/mol. The van der Waals surface area contributed by atoms with Gasteiger partial charge in [0.25, 0.3) is 0 Å². The summed E-state index contributed by atoms with van der Waals surface area (Å²) >= 11 is 0. The summed E-state index contributed by atoms with van der Waals surface area (Å²) in [6.45, 7) is 0.838. The quantitative estimate of drug-likeness (QED) is 0.713. The van der Waals surface area contributed by atoms with E-state index in [-0.39, 0.29) is 6.42 Å². The second-order valence-electron chi connectivity index (χ2n) is 4.42. The maximum atomic E-state index is 10.3. The van der Waals surface area contributed by atoms with Gasteiger partial charge in [0.2, 0.25) is 0 Å². The number of aromatic nitrogens is 3. The van der Waals surface area contributed by atoms with Crippen molar-refractivity contribution in [3.8, 4) is 0 Å². The number of rotatable bonds is 8. The zero-order valence-corrected chi connectivity index (χ0v) is 10.7. The van der Waals surface area contributed by atoms with Crippen molar-refractivity contribution < 1.29 is 9.90 Å². The summed E-state index contributed by atoms with van der Waals surface area (Å²) in [4.78, 5) is 14.6. The Kier molecular flexibility index (Phi) is 4.72. The normalized spacial score (nSPS) is 10.7. The Bertz CT molecular complexity index is 538. The SMILES string of the molecule is O=C(O)CCCCCCNc1nccn2nccc12. The van der Waals surface area contributed by atoms with Gasteiger partial charge in [0.1, 0.15) is 5.52 Å². The minimum Gasteiger partial charge on any atom is -0.481 e. The summed E-state index contributed by atoms with van der Waals surface area (Å²) in [5.41, 5.74) is 0.966. The van der Waals surface area contributed by atoms with Crippen LogP contribution in [0.3, 0.4) is 0 Å². The van der Waals surface area contributed by atoms with Crippen molar-refractivity contribution in [2.24, 2.45) is 0 Å². The minimum atomic E-state index is -0.713. The van der Waals surface area contributed by atoms with Crippen molar-refractivity contribution in [1.82, 2.24) is 14.6 Å². The molecule has 0 spiro atoms. The first-order chi connectivity index (χ1) is 9.27. The van der Waals surface area contributed by atoms with E-state index in [2.05, 4.69) is 15.4 Å². The maximum Gasteiger partial charge on any atom is 0.303 e. The molecule has 0 amide bonds. The summed E-state index contributed by atoms with van der Waals surface area (Å²) in [7, 11) is 0. The van der Waals surface area contributed by atoms with Crippen molar-refractivity contribution in [2.75, 3.05) is 11.9 Å². The van der Waals surface area contributed by atoms with Crippen molar-refractivity contribution >= 4 is 17.3 Å². The van der Waals surface area contributed by atoms with Gasteiger partial charge in [-0.05, 0) is 18.9 Å². The van der Waals surface area contributed by atoms with E-state index < -0.39 is 5.97 Å². The predicted molar refractivity (Wildman–Crippen MR) is 72.2 cm³/mol. The summed E-state index contributed by atoms with van der Waals surface area (Å²) in [6.07, 6.45) is 9.29. The first-order valence-electron chi connectivity index (χ1n) is 6.51. The molecule has 6 heteroatoms. The number of nitrogens with zero attached hydrogens (tertiary/aromatic N) is 3. The van der Waals surface area contributed by atoms with Gasteiger partial charge < -0.3 is 10.4 Å². The highest BCUT2D eigenvalue weighted by Gasteiger charge is 2.02. The van der Waals surface area contributed by atoms with Gasteiger partial charge in [-0.1, -0.05) is 12.8 Å². The molecule has 0 aliphatic carbocycles. The minimum absolute atomic E-state index is 0.268. The molecule has 0 unspecified atom stereocenters. The van der Waals surface area contributed by atoms with Crippen LogP contribution in [0.5, 0.6) is 0 Å². The third kappa shape index (κ3) is 3.94. The van der Waals surface area contributed by atoms with Gasteiger partial charge in [-0.25, -0.2) is 9.50 Å². The largest absolute Gasteiger partial charge is 0.481 e. The second-order valence-corrected chi connectivity index (χ2v) is 4.42. The molecule has 2 heterocycles. The fourth-order valence-electron chi connectivity index (χ4n) is 1.96. The molecule has 0 saturated heterocycles. The fourth-order valence-corrected chi connectivity index (χ4v) is 1.96. The van der Waals surface area contributed by atoms with Crippen LogP contribution in [0.25, 0.3) is 5.52 Å². The summed E-state index contributed by atoms with van der Waals surface area (Å²) < 4.78 is 1.78. The Balaban J connectivity index is 1.68. The molecule has 0 aliphatic rings. The molecule has 0 aromatic carbocycles. The van der Waals surface area contributed by atoms with Crippen LogP contribution < -0.4 is 5.32 Å². The lowest BCUT2D eigenvalue weighted by molar-refractivity contribution is -0.137. The van der Waals surface area contributed by atoms with Crippen LogP contribution in [0, 0.1) is 0 Å². The molecule has 0 saturated carbocycles. The van der Waals surface area contributed by atoms with Crippen LogP contribution in [0.4, 0.5) is 5.82 Å². The third-order valence-corrected chi connectivity index (χ3v) is 2.93. The van der Waals surface area contributed by atoms with Crippen molar-refractivity contribution in [1.29, 1.82) is 0 Å². The van der Waals surface area contributed by atoms with Crippen molar-refractivity contribution in [3.05, 3.63) is 24.7 Å². The average Bonchev–Trinajstić information content (AvgIpc) is 2.86. The lowest BCUT2D eigenvalue weighted by Crippen LogP contribution is -2.05. The number of hydrogen-bond donors (Lipinski definition) is 2. The van der Waals surface area contributed by atoms with E-state index in [0.29, 0.717) is 0 Å². The number of unbranched alkanes of at least 4 members (excludes halogenated alkanes) is 3. The first kappa shape index (κ1) is 13.3. The zero-order chi connectivity index (χ0) is 13.5. The zero-order valence-electron chi connectivity index (χ0n) is 10.7. The molecule has 6 nitrogen and oxygen atoms in total. The third-order valence-electron chi connectivity index (χ3n) is 2.93. The highest BCUT2D eigenvalue weighted by atomic mass is 16.4. The standard InChI is InChI=1S/C13H18N4O2/c18-12(19)5-3-1-2-4-7-14-13-11-6-8-16-17(11)10-9-15-13/h6,8-10H,1-5,7H2,(H,14,15)(H,18,19). The molecule has 0 bridgehead atoms. The van der Waals surface area contributed by atoms with Crippen molar-refractivity contribution in [2.45, 2.75) is 32.1 Å². The summed E-state index contributed by atoms with van der Waals surface area (Å²) in [5, 5.41) is 15.9. The molecule has 0 radical (unpaired) electrons. The van der Waals surface area contributed by atoms with Crippen molar-refractivity contribution in [3.63, 3.8) is 0 Å². The molecule has 2 rings (SSSR count). The Morgan fingerprint density at radius 2 is 2.11 bits per heavy atom. The number of fused-ring (bicyclic) bond motifs is 1. The number of aliphatic carboxylic acids is 1. The maximum absolute atomic E-state index is 10.3. The summed E-state index contributed by atoms with van der Waals surface area (Å²) in [5.74, 6) is 0.125. The fraction of sp³-hybridized carbons (Fsp3) is 0.462. The molecular formula is C13H18N4O2. The van der Waals surface area contributed by atoms with Crippen LogP contribution >= 0.6 is 0 Å². The topological polar surface area (TPSA) is 79.5 Å². The molecular weight excluding hydrogens is 244 g/mol. The van der Waals surface area contributed by atoms with E-state index in [0.717, 1.165) is 43.6 Å². The van der Waals surface area contributed by atoms with Gasteiger partial charge in [-0.15, -0.1) is 0 Å². The Labute approximate surface area is 111 Å². The number of carboxylic acids is 1. The molecule has 2 aromatic rings. The highest BCUT2D eigenvalue weighted by molar-refractivity contribution is 5.67. The molecule has 19 heavy (non-hydrogen) atoms. The van der Waals surface area contributed by atoms with Crippen LogP contribution in [0.15, 0.2) is 24.7 Å². The number of carboxylic acid groups (broad SMARTS) is 1. The molecule has 2 aromatic heterocycles. The van der Waals surface area contributed by atoms with Gasteiger partial charge in [-0.2, -0.15) is 5.10 Å². The van der Waals surface area contributed by atoms with Crippen LogP contribution in [0.1, 0.15) is 32.1 Å². The van der Waals surface area contributed by atoms with E-state index in [1.165, 1.54) is 0 Å². The second kappa shape index (κ2) is 6.72. The highest BCUT2D eigenvalue weighted by Crippen LogP contribution is 2.12. The van der Waals surface area contributed by atoms with E-state index in [9.17, 15) is 4.79 Å². The lowest BCUT2D eigenvalue weighted by Gasteiger charge is -2.06. The van der Waals surface area contributed by atoms with Gasteiger partial charge in [0, 0.05) is 25.4 Å². The molecule has 0 aliphatic heterocycles. The number of carbonyl (C=O) groups is 1. The van der Waals surface area contributed by atoms with Gasteiger partial charge in [-0.3, -0.25) is 4.79 Å². The molecule has 0 atom stereocenters. The van der Waals surface area contributed by atoms with E-state index in [1.54, 1.807) is 16.9 Å². The van der Waals surface area contributed by atoms with Crippen LogP contribution in [0.2, 0.25) is 0 Å². The number of nitrogens with one attached hydrogen (secondary N) is 1. The Morgan fingerprint density at radius 3 is 2.95 bits per heavy atom. The van der Waals surface area contributed by atoms with Crippen LogP contribution in [-0.4, -0.2) is 32.2 Å². The molecule has 0 fully saturated rings. The van der Waals surface area contributed by atoms with E-state index >= 15 is 0 Å². The molecule has 102 valence electrons. The lowest BCUT2D eigenvalue weighted by atomic mass is 10.1.